The van der Waals surface area contributed by atoms with Gasteiger partial charge in [0.15, 0.2) is 0 Å². The highest BCUT2D eigenvalue weighted by molar-refractivity contribution is 4.82. The number of hydrogen-bond donors (Lipinski definition) is 0. The summed E-state index contributed by atoms with van der Waals surface area (Å²) in [6.45, 7) is 4.09. The van der Waals surface area contributed by atoms with Crippen LogP contribution in [0.15, 0.2) is 0 Å². The topological polar surface area (TPSA) is 3.24 Å². The molecular weight excluding hydrogens is 191 g/mol. The molecule has 0 amide bonds. The van der Waals surface area contributed by atoms with E-state index < -0.39 is 12.6 Å². The van der Waals surface area contributed by atoms with Crippen LogP contribution in [0.1, 0.15) is 39.5 Å². The van der Waals surface area contributed by atoms with E-state index >= 15 is 0 Å². The largest absolute Gasteiger partial charge is 0.390 e. The molecule has 0 saturated heterocycles. The molecular formula is C10H18F3N. The first-order valence-electron chi connectivity index (χ1n) is 5.22. The maximum atomic E-state index is 12.0. The molecule has 0 heterocycles. The van der Waals surface area contributed by atoms with Gasteiger partial charge in [-0.15, -0.1) is 0 Å². The highest BCUT2D eigenvalue weighted by Gasteiger charge is 2.32. The second-order valence-electron chi connectivity index (χ2n) is 4.28. The average Bonchev–Trinajstić information content (AvgIpc) is 1.90. The van der Waals surface area contributed by atoms with E-state index in [9.17, 15) is 13.2 Å². The maximum absolute atomic E-state index is 12.0. The molecule has 1 aliphatic rings. The van der Waals surface area contributed by atoms with Gasteiger partial charge in [0, 0.05) is 18.6 Å². The minimum absolute atomic E-state index is 0.159. The molecule has 1 rings (SSSR count). The van der Waals surface area contributed by atoms with Crippen molar-refractivity contribution in [2.45, 2.75) is 57.8 Å². The lowest BCUT2D eigenvalue weighted by Crippen LogP contribution is -2.45. The van der Waals surface area contributed by atoms with Gasteiger partial charge < -0.3 is 0 Å². The Labute approximate surface area is 83.3 Å². The number of nitrogens with zero attached hydrogens (tertiary/aromatic N) is 1. The summed E-state index contributed by atoms with van der Waals surface area (Å²) in [6.07, 6.45) is -1.40. The van der Waals surface area contributed by atoms with Crippen LogP contribution in [0, 0.1) is 0 Å². The fourth-order valence-corrected chi connectivity index (χ4v) is 1.84. The summed E-state index contributed by atoms with van der Waals surface area (Å²) in [4.78, 5) is 1.98. The van der Waals surface area contributed by atoms with E-state index in [-0.39, 0.29) is 12.6 Å². The Hall–Kier alpha value is -0.250. The molecule has 0 bridgehead atoms. The van der Waals surface area contributed by atoms with Gasteiger partial charge >= 0.3 is 6.18 Å². The summed E-state index contributed by atoms with van der Waals surface area (Å²) in [7, 11) is 0. The summed E-state index contributed by atoms with van der Waals surface area (Å²) < 4.78 is 36.1. The van der Waals surface area contributed by atoms with Crippen molar-refractivity contribution in [3.8, 4) is 0 Å². The zero-order chi connectivity index (χ0) is 10.8. The van der Waals surface area contributed by atoms with Gasteiger partial charge in [-0.1, -0.05) is 6.42 Å². The lowest BCUT2D eigenvalue weighted by molar-refractivity contribution is -0.141. The number of hydrogen-bond acceptors (Lipinski definition) is 1. The van der Waals surface area contributed by atoms with Gasteiger partial charge in [-0.3, -0.25) is 4.90 Å². The molecule has 0 spiro atoms. The number of halogens is 3. The molecule has 0 atom stereocenters. The second-order valence-corrected chi connectivity index (χ2v) is 4.28. The summed E-state index contributed by atoms with van der Waals surface area (Å²) in [5, 5.41) is 0. The fourth-order valence-electron chi connectivity index (χ4n) is 1.84. The molecule has 0 aliphatic heterocycles. The number of alkyl halides is 3. The van der Waals surface area contributed by atoms with Crippen molar-refractivity contribution in [3.63, 3.8) is 0 Å². The monoisotopic (exact) mass is 209 g/mol. The van der Waals surface area contributed by atoms with E-state index in [1.807, 2.05) is 18.7 Å². The van der Waals surface area contributed by atoms with Crippen LogP contribution in [0.2, 0.25) is 0 Å². The molecule has 1 fully saturated rings. The Bertz CT molecular complexity index is 173. The minimum atomic E-state index is -4.02. The van der Waals surface area contributed by atoms with Crippen molar-refractivity contribution in [2.24, 2.45) is 0 Å². The van der Waals surface area contributed by atoms with E-state index in [2.05, 4.69) is 0 Å². The molecule has 1 aliphatic carbocycles. The molecule has 1 nitrogen and oxygen atoms in total. The molecule has 84 valence electrons. The zero-order valence-electron chi connectivity index (χ0n) is 8.77. The van der Waals surface area contributed by atoms with Crippen LogP contribution in [-0.4, -0.2) is 29.7 Å². The van der Waals surface area contributed by atoms with Crippen LogP contribution >= 0.6 is 0 Å². The van der Waals surface area contributed by atoms with Crippen LogP contribution in [0.3, 0.4) is 0 Å². The average molecular weight is 209 g/mol. The van der Waals surface area contributed by atoms with Gasteiger partial charge in [0.25, 0.3) is 0 Å². The van der Waals surface area contributed by atoms with Crippen LogP contribution in [-0.2, 0) is 0 Å². The smallest absolute Gasteiger partial charge is 0.298 e. The Kier molecular flexibility index (Phi) is 3.81. The Balaban J connectivity index is 2.35. The first kappa shape index (κ1) is 11.8. The fraction of sp³-hybridized carbons (Fsp3) is 1.00. The van der Waals surface area contributed by atoms with Gasteiger partial charge in [-0.2, -0.15) is 13.2 Å². The van der Waals surface area contributed by atoms with E-state index in [0.29, 0.717) is 6.04 Å². The molecule has 0 aromatic carbocycles. The Morgan fingerprint density at radius 1 is 1.29 bits per heavy atom. The first-order chi connectivity index (χ1) is 6.40. The zero-order valence-corrected chi connectivity index (χ0v) is 8.77. The third-order valence-corrected chi connectivity index (χ3v) is 2.86. The lowest BCUT2D eigenvalue weighted by atomic mass is 9.90. The van der Waals surface area contributed by atoms with Crippen molar-refractivity contribution in [3.05, 3.63) is 0 Å². The minimum Gasteiger partial charge on any atom is -0.298 e. The van der Waals surface area contributed by atoms with Gasteiger partial charge in [-0.25, -0.2) is 0 Å². The van der Waals surface area contributed by atoms with Crippen LogP contribution in [0.5, 0.6) is 0 Å². The van der Waals surface area contributed by atoms with Crippen molar-refractivity contribution in [1.29, 1.82) is 0 Å². The van der Waals surface area contributed by atoms with E-state index in [4.69, 9.17) is 0 Å². The summed E-state index contributed by atoms with van der Waals surface area (Å²) in [5.41, 5.74) is 0. The molecule has 0 N–H and O–H groups in total. The van der Waals surface area contributed by atoms with E-state index in [1.165, 1.54) is 6.42 Å². The molecule has 0 unspecified atom stereocenters. The normalized spacial score (nSPS) is 19.1. The lowest BCUT2D eigenvalue weighted by Gasteiger charge is -2.40. The third kappa shape index (κ3) is 3.48. The first-order valence-corrected chi connectivity index (χ1v) is 5.22. The summed E-state index contributed by atoms with van der Waals surface area (Å²) in [5.74, 6) is 0. The van der Waals surface area contributed by atoms with E-state index in [1.54, 1.807) is 0 Å². The Morgan fingerprint density at radius 2 is 1.86 bits per heavy atom. The molecule has 0 radical (unpaired) electrons. The van der Waals surface area contributed by atoms with Gasteiger partial charge in [-0.05, 0) is 26.7 Å². The van der Waals surface area contributed by atoms with Crippen LogP contribution < -0.4 is 0 Å². The second kappa shape index (κ2) is 4.51. The van der Waals surface area contributed by atoms with Crippen LogP contribution in [0.25, 0.3) is 0 Å². The molecule has 1 saturated carbocycles. The summed E-state index contributed by atoms with van der Waals surface area (Å²) in [6, 6.07) is 0.625. The van der Waals surface area contributed by atoms with Gasteiger partial charge in [0.1, 0.15) is 0 Å². The molecule has 4 heteroatoms. The van der Waals surface area contributed by atoms with E-state index in [0.717, 1.165) is 12.8 Å². The predicted octanol–water partition coefficient (Wildman–Crippen LogP) is 3.20. The van der Waals surface area contributed by atoms with Gasteiger partial charge in [0.05, 0.1) is 6.42 Å². The maximum Gasteiger partial charge on any atom is 0.390 e. The SMILES string of the molecule is CC(C)N(CCC(F)(F)F)C1CCC1. The number of rotatable bonds is 4. The standard InChI is InChI=1S/C10H18F3N/c1-8(2)14(9-4-3-5-9)7-6-10(11,12)13/h8-9H,3-7H2,1-2H3. The molecule has 14 heavy (non-hydrogen) atoms. The van der Waals surface area contributed by atoms with Crippen molar-refractivity contribution < 1.29 is 13.2 Å². The highest BCUT2D eigenvalue weighted by atomic mass is 19.4. The van der Waals surface area contributed by atoms with Crippen molar-refractivity contribution in [2.75, 3.05) is 6.54 Å². The van der Waals surface area contributed by atoms with Gasteiger partial charge in [0.2, 0.25) is 0 Å². The molecule has 0 aromatic heterocycles. The quantitative estimate of drug-likeness (QED) is 0.687. The predicted molar refractivity (Wildman–Crippen MR) is 50.2 cm³/mol. The Morgan fingerprint density at radius 3 is 2.14 bits per heavy atom. The van der Waals surface area contributed by atoms with Crippen LogP contribution in [0.4, 0.5) is 13.2 Å². The van der Waals surface area contributed by atoms with Crippen molar-refractivity contribution in [1.82, 2.24) is 4.90 Å². The summed E-state index contributed by atoms with van der Waals surface area (Å²) >= 11 is 0. The third-order valence-electron chi connectivity index (χ3n) is 2.86. The molecule has 0 aromatic rings. The highest BCUT2D eigenvalue weighted by Crippen LogP contribution is 2.28. The van der Waals surface area contributed by atoms with Crippen molar-refractivity contribution >= 4 is 0 Å².